The number of aromatic nitrogens is 2. The molecule has 0 saturated heterocycles. The lowest BCUT2D eigenvalue weighted by molar-refractivity contribution is 0.0934. The monoisotopic (exact) mass is 471 g/mol. The van der Waals surface area contributed by atoms with Crippen molar-refractivity contribution < 1.29 is 14.3 Å². The number of benzene rings is 3. The van der Waals surface area contributed by atoms with Crippen LogP contribution in [0.25, 0.3) is 11.0 Å². The molecule has 0 aliphatic carbocycles. The molecule has 4 rings (SSSR count). The second kappa shape index (κ2) is 10.6. The van der Waals surface area contributed by atoms with E-state index in [-0.39, 0.29) is 11.9 Å². The number of hydrogen-bond donors (Lipinski definition) is 1. The summed E-state index contributed by atoms with van der Waals surface area (Å²) >= 11 is 0. The molecule has 1 heterocycles. The fourth-order valence-electron chi connectivity index (χ4n) is 4.32. The third kappa shape index (κ3) is 5.32. The van der Waals surface area contributed by atoms with E-state index in [1.807, 2.05) is 43.3 Å². The Balaban J connectivity index is 1.57. The highest BCUT2D eigenvalue weighted by Crippen LogP contribution is 2.28. The van der Waals surface area contributed by atoms with E-state index in [0.717, 1.165) is 22.6 Å². The van der Waals surface area contributed by atoms with Crippen LogP contribution in [-0.2, 0) is 6.54 Å². The van der Waals surface area contributed by atoms with Gasteiger partial charge in [0.05, 0.1) is 36.3 Å². The van der Waals surface area contributed by atoms with E-state index in [0.29, 0.717) is 30.4 Å². The fourth-order valence-corrected chi connectivity index (χ4v) is 4.32. The van der Waals surface area contributed by atoms with E-state index in [1.165, 1.54) is 11.1 Å². The second-order valence-electron chi connectivity index (χ2n) is 9.05. The van der Waals surface area contributed by atoms with E-state index in [4.69, 9.17) is 14.5 Å². The van der Waals surface area contributed by atoms with Crippen molar-refractivity contribution in [1.29, 1.82) is 0 Å². The lowest BCUT2D eigenvalue weighted by Gasteiger charge is -2.19. The van der Waals surface area contributed by atoms with Gasteiger partial charge in [0.1, 0.15) is 23.9 Å². The third-order valence-corrected chi connectivity index (χ3v) is 6.13. The van der Waals surface area contributed by atoms with Gasteiger partial charge in [-0.2, -0.15) is 0 Å². The quantitative estimate of drug-likeness (QED) is 0.323. The van der Waals surface area contributed by atoms with Crippen LogP contribution >= 0.6 is 0 Å². The summed E-state index contributed by atoms with van der Waals surface area (Å²) in [6.07, 6.45) is 0. The zero-order chi connectivity index (χ0) is 24.9. The number of fused-ring (bicyclic) bond motifs is 1. The fraction of sp³-hybridized carbons (Fsp3) is 0.310. The van der Waals surface area contributed by atoms with Crippen molar-refractivity contribution in [2.24, 2.45) is 0 Å². The SMILES string of the molecule is COc1ccccc1C(=O)NC(C)c1nc2ccccc2n1CCOc1cc(C)ccc1C(C)C. The van der Waals surface area contributed by atoms with Crippen LogP contribution < -0.4 is 14.8 Å². The standard InChI is InChI=1S/C29H33N3O3/c1-19(2)22-15-14-20(3)18-27(22)35-17-16-32-25-12-8-7-11-24(25)31-28(32)21(4)30-29(33)23-10-6-9-13-26(23)34-5/h6-15,18-19,21H,16-17H2,1-5H3,(H,30,33). The van der Waals surface area contributed by atoms with Crippen molar-refractivity contribution in [2.75, 3.05) is 13.7 Å². The molecule has 182 valence electrons. The molecule has 3 aromatic carbocycles. The first-order valence-corrected chi connectivity index (χ1v) is 12.0. The summed E-state index contributed by atoms with van der Waals surface area (Å²) in [5.41, 5.74) is 4.76. The molecule has 1 aromatic heterocycles. The number of methoxy groups -OCH3 is 1. The number of carbonyl (C=O) groups excluding carboxylic acids is 1. The van der Waals surface area contributed by atoms with Gasteiger partial charge in [0.25, 0.3) is 5.91 Å². The van der Waals surface area contributed by atoms with Gasteiger partial charge < -0.3 is 19.4 Å². The lowest BCUT2D eigenvalue weighted by Crippen LogP contribution is -2.29. The highest BCUT2D eigenvalue weighted by atomic mass is 16.5. The third-order valence-electron chi connectivity index (χ3n) is 6.13. The average molecular weight is 472 g/mol. The van der Waals surface area contributed by atoms with Gasteiger partial charge >= 0.3 is 0 Å². The Kier molecular flexibility index (Phi) is 7.39. The van der Waals surface area contributed by atoms with Crippen LogP contribution in [-0.4, -0.2) is 29.2 Å². The molecule has 0 radical (unpaired) electrons. The number of nitrogens with one attached hydrogen (secondary N) is 1. The largest absolute Gasteiger partial charge is 0.496 e. The van der Waals surface area contributed by atoms with E-state index >= 15 is 0 Å². The number of ether oxygens (including phenoxy) is 2. The highest BCUT2D eigenvalue weighted by molar-refractivity contribution is 5.97. The molecule has 0 saturated carbocycles. The summed E-state index contributed by atoms with van der Waals surface area (Å²) < 4.78 is 13.8. The molecular formula is C29H33N3O3. The van der Waals surface area contributed by atoms with Gasteiger partial charge in [-0.1, -0.05) is 50.2 Å². The second-order valence-corrected chi connectivity index (χ2v) is 9.05. The highest BCUT2D eigenvalue weighted by Gasteiger charge is 2.21. The van der Waals surface area contributed by atoms with Crippen LogP contribution in [0.2, 0.25) is 0 Å². The molecule has 1 atom stereocenters. The van der Waals surface area contributed by atoms with Crippen LogP contribution in [0.3, 0.4) is 0 Å². The lowest BCUT2D eigenvalue weighted by atomic mass is 10.0. The predicted molar refractivity (Wildman–Crippen MR) is 139 cm³/mol. The minimum Gasteiger partial charge on any atom is -0.496 e. The number of imidazole rings is 1. The summed E-state index contributed by atoms with van der Waals surface area (Å²) in [7, 11) is 1.56. The van der Waals surface area contributed by atoms with E-state index in [1.54, 1.807) is 19.2 Å². The Morgan fingerprint density at radius 3 is 2.51 bits per heavy atom. The molecule has 0 spiro atoms. The number of amides is 1. The zero-order valence-electron chi connectivity index (χ0n) is 21.0. The normalized spacial score (nSPS) is 12.1. The van der Waals surface area contributed by atoms with Gasteiger partial charge in [0, 0.05) is 0 Å². The summed E-state index contributed by atoms with van der Waals surface area (Å²) in [5, 5.41) is 3.09. The van der Waals surface area contributed by atoms with Crippen molar-refractivity contribution in [1.82, 2.24) is 14.9 Å². The molecule has 6 nitrogen and oxygen atoms in total. The maximum atomic E-state index is 13.0. The van der Waals surface area contributed by atoms with Crippen molar-refractivity contribution in [2.45, 2.75) is 46.2 Å². The van der Waals surface area contributed by atoms with E-state index < -0.39 is 0 Å². The number of aryl methyl sites for hydroxylation is 1. The summed E-state index contributed by atoms with van der Waals surface area (Å²) in [4.78, 5) is 17.9. The van der Waals surface area contributed by atoms with Gasteiger partial charge in [-0.05, 0) is 61.2 Å². The minimum atomic E-state index is -0.315. The average Bonchev–Trinajstić information content (AvgIpc) is 3.22. The zero-order valence-corrected chi connectivity index (χ0v) is 21.0. The number of carbonyl (C=O) groups is 1. The van der Waals surface area contributed by atoms with E-state index in [9.17, 15) is 4.79 Å². The maximum Gasteiger partial charge on any atom is 0.255 e. The predicted octanol–water partition coefficient (Wildman–Crippen LogP) is 6.05. The van der Waals surface area contributed by atoms with Crippen LogP contribution in [0.4, 0.5) is 0 Å². The van der Waals surface area contributed by atoms with Gasteiger partial charge in [0.15, 0.2) is 0 Å². The summed E-state index contributed by atoms with van der Waals surface area (Å²) in [6.45, 7) is 9.46. The molecule has 6 heteroatoms. The van der Waals surface area contributed by atoms with Crippen LogP contribution in [0.1, 0.15) is 60.0 Å². The molecule has 1 amide bonds. The molecule has 0 bridgehead atoms. The van der Waals surface area contributed by atoms with Crippen LogP contribution in [0, 0.1) is 6.92 Å². The van der Waals surface area contributed by atoms with Crippen molar-refractivity contribution in [3.8, 4) is 11.5 Å². The molecule has 0 fully saturated rings. The minimum absolute atomic E-state index is 0.203. The van der Waals surface area contributed by atoms with Gasteiger partial charge in [-0.25, -0.2) is 4.98 Å². The molecule has 4 aromatic rings. The Hall–Kier alpha value is -3.80. The van der Waals surface area contributed by atoms with Crippen LogP contribution in [0.15, 0.2) is 66.7 Å². The molecular weight excluding hydrogens is 438 g/mol. The first-order chi connectivity index (χ1) is 16.9. The Morgan fingerprint density at radius 1 is 1.00 bits per heavy atom. The number of nitrogens with zero attached hydrogens (tertiary/aromatic N) is 2. The maximum absolute atomic E-state index is 13.0. The number of hydrogen-bond acceptors (Lipinski definition) is 4. The number of para-hydroxylation sites is 3. The molecule has 1 unspecified atom stereocenters. The first kappa shape index (κ1) is 24.3. The molecule has 0 aliphatic rings. The summed E-state index contributed by atoms with van der Waals surface area (Å²) in [5.74, 6) is 2.42. The number of rotatable bonds is 9. The summed E-state index contributed by atoms with van der Waals surface area (Å²) in [6, 6.07) is 21.3. The first-order valence-electron chi connectivity index (χ1n) is 12.0. The topological polar surface area (TPSA) is 65.4 Å². The van der Waals surface area contributed by atoms with Crippen molar-refractivity contribution >= 4 is 16.9 Å². The molecule has 35 heavy (non-hydrogen) atoms. The van der Waals surface area contributed by atoms with E-state index in [2.05, 4.69) is 48.9 Å². The Morgan fingerprint density at radius 2 is 1.74 bits per heavy atom. The van der Waals surface area contributed by atoms with Gasteiger partial charge in [-0.15, -0.1) is 0 Å². The molecule has 1 N–H and O–H groups in total. The van der Waals surface area contributed by atoms with Crippen LogP contribution in [0.5, 0.6) is 11.5 Å². The van der Waals surface area contributed by atoms with Crippen molar-refractivity contribution in [3.63, 3.8) is 0 Å². The van der Waals surface area contributed by atoms with Gasteiger partial charge in [-0.3, -0.25) is 4.79 Å². The smallest absolute Gasteiger partial charge is 0.255 e. The van der Waals surface area contributed by atoms with Crippen molar-refractivity contribution in [3.05, 3.63) is 89.2 Å². The molecule has 0 aliphatic heterocycles. The van der Waals surface area contributed by atoms with Gasteiger partial charge in [0.2, 0.25) is 0 Å². The Bertz CT molecular complexity index is 1330. The Labute approximate surface area is 206 Å².